The second kappa shape index (κ2) is 5.59. The summed E-state index contributed by atoms with van der Waals surface area (Å²) in [4.78, 5) is 4.23. The van der Waals surface area contributed by atoms with Crippen LogP contribution in [-0.4, -0.2) is 17.6 Å². The normalized spacial score (nSPS) is 12.6. The molecule has 0 amide bonds. The summed E-state index contributed by atoms with van der Waals surface area (Å²) in [6.45, 7) is 9.58. The van der Waals surface area contributed by atoms with Gasteiger partial charge in [0, 0.05) is 30.5 Å². The van der Waals surface area contributed by atoms with E-state index >= 15 is 0 Å². The topological polar surface area (TPSA) is 37.0 Å². The Morgan fingerprint density at radius 2 is 2.07 bits per heavy atom. The highest BCUT2D eigenvalue weighted by Crippen LogP contribution is 2.15. The van der Waals surface area contributed by atoms with Crippen molar-refractivity contribution < 1.29 is 0 Å². The smallest absolute Gasteiger partial charge is 0.127 e. The molecule has 15 heavy (non-hydrogen) atoms. The highest BCUT2D eigenvalue weighted by Gasteiger charge is 2.06. The predicted molar refractivity (Wildman–Crippen MR) is 66.3 cm³/mol. The van der Waals surface area contributed by atoms with E-state index in [-0.39, 0.29) is 0 Å². The number of rotatable bonds is 5. The van der Waals surface area contributed by atoms with E-state index in [1.54, 1.807) is 0 Å². The summed E-state index contributed by atoms with van der Waals surface area (Å²) in [5, 5.41) is 6.66. The van der Waals surface area contributed by atoms with Crippen LogP contribution in [0.5, 0.6) is 0 Å². The van der Waals surface area contributed by atoms with Crippen LogP contribution in [0.2, 0.25) is 0 Å². The zero-order valence-electron chi connectivity index (χ0n) is 10.0. The number of pyridine rings is 1. The van der Waals surface area contributed by atoms with Gasteiger partial charge in [0.15, 0.2) is 0 Å². The van der Waals surface area contributed by atoms with Gasteiger partial charge in [0.25, 0.3) is 0 Å². The fourth-order valence-electron chi connectivity index (χ4n) is 1.23. The van der Waals surface area contributed by atoms with Crippen LogP contribution in [0, 0.1) is 5.92 Å². The fourth-order valence-corrected chi connectivity index (χ4v) is 1.23. The standard InChI is InChI=1S/C12H21N3/c1-5-13-12-8-11(6-7-14-12)15-10(4)9(2)3/h6-10H,5H2,1-4H3,(H2,13,14,15). The van der Waals surface area contributed by atoms with E-state index in [0.717, 1.165) is 18.1 Å². The van der Waals surface area contributed by atoms with Crippen molar-refractivity contribution in [3.8, 4) is 0 Å². The maximum atomic E-state index is 4.23. The SMILES string of the molecule is CCNc1cc(NC(C)C(C)C)ccn1. The molecular weight excluding hydrogens is 186 g/mol. The molecule has 3 nitrogen and oxygen atoms in total. The van der Waals surface area contributed by atoms with Crippen molar-refractivity contribution in [3.05, 3.63) is 18.3 Å². The molecule has 1 atom stereocenters. The molecule has 2 N–H and O–H groups in total. The molecule has 0 aliphatic heterocycles. The molecule has 0 aliphatic rings. The number of aromatic nitrogens is 1. The first kappa shape index (κ1) is 11.8. The van der Waals surface area contributed by atoms with Gasteiger partial charge in [0.2, 0.25) is 0 Å². The van der Waals surface area contributed by atoms with Gasteiger partial charge in [-0.1, -0.05) is 13.8 Å². The highest BCUT2D eigenvalue weighted by molar-refractivity contribution is 5.52. The summed E-state index contributed by atoms with van der Waals surface area (Å²) in [5.41, 5.74) is 1.13. The van der Waals surface area contributed by atoms with Crippen LogP contribution in [0.1, 0.15) is 27.7 Å². The summed E-state index contributed by atoms with van der Waals surface area (Å²) < 4.78 is 0. The Balaban J connectivity index is 2.64. The minimum Gasteiger partial charge on any atom is -0.382 e. The molecule has 0 fully saturated rings. The van der Waals surface area contributed by atoms with Crippen LogP contribution in [0.3, 0.4) is 0 Å². The van der Waals surface area contributed by atoms with Crippen molar-refractivity contribution >= 4 is 11.5 Å². The summed E-state index contributed by atoms with van der Waals surface area (Å²) in [6, 6.07) is 4.52. The predicted octanol–water partition coefficient (Wildman–Crippen LogP) is 2.97. The Morgan fingerprint density at radius 3 is 2.67 bits per heavy atom. The lowest BCUT2D eigenvalue weighted by atomic mass is 10.1. The Hall–Kier alpha value is -1.25. The van der Waals surface area contributed by atoms with Crippen LogP contribution < -0.4 is 10.6 Å². The summed E-state index contributed by atoms with van der Waals surface area (Å²) in [5.74, 6) is 1.55. The van der Waals surface area contributed by atoms with Gasteiger partial charge >= 0.3 is 0 Å². The van der Waals surface area contributed by atoms with Gasteiger partial charge in [-0.25, -0.2) is 4.98 Å². The van der Waals surface area contributed by atoms with Crippen molar-refractivity contribution in [2.45, 2.75) is 33.7 Å². The summed E-state index contributed by atoms with van der Waals surface area (Å²) in [7, 11) is 0. The number of hydrogen-bond acceptors (Lipinski definition) is 3. The molecule has 1 unspecified atom stereocenters. The molecule has 3 heteroatoms. The van der Waals surface area contributed by atoms with E-state index in [9.17, 15) is 0 Å². The van der Waals surface area contributed by atoms with Crippen LogP contribution in [0.25, 0.3) is 0 Å². The first-order chi connectivity index (χ1) is 7.13. The lowest BCUT2D eigenvalue weighted by molar-refractivity contribution is 0.560. The minimum atomic E-state index is 0.474. The summed E-state index contributed by atoms with van der Waals surface area (Å²) >= 11 is 0. The second-order valence-corrected chi connectivity index (χ2v) is 4.14. The lowest BCUT2D eigenvalue weighted by Gasteiger charge is -2.19. The molecule has 0 bridgehead atoms. The van der Waals surface area contributed by atoms with Crippen molar-refractivity contribution in [1.82, 2.24) is 4.98 Å². The minimum absolute atomic E-state index is 0.474. The third-order valence-electron chi connectivity index (χ3n) is 2.51. The van der Waals surface area contributed by atoms with E-state index in [1.165, 1.54) is 0 Å². The van der Waals surface area contributed by atoms with Gasteiger partial charge in [-0.3, -0.25) is 0 Å². The van der Waals surface area contributed by atoms with Gasteiger partial charge in [0.1, 0.15) is 5.82 Å². The van der Waals surface area contributed by atoms with Crippen molar-refractivity contribution in [3.63, 3.8) is 0 Å². The monoisotopic (exact) mass is 207 g/mol. The molecule has 0 aromatic carbocycles. The number of nitrogens with zero attached hydrogens (tertiary/aromatic N) is 1. The maximum Gasteiger partial charge on any atom is 0.127 e. The van der Waals surface area contributed by atoms with Crippen molar-refractivity contribution in [2.75, 3.05) is 17.2 Å². The molecule has 84 valence electrons. The van der Waals surface area contributed by atoms with Gasteiger partial charge in [-0.2, -0.15) is 0 Å². The molecule has 1 aromatic rings. The van der Waals surface area contributed by atoms with E-state index in [4.69, 9.17) is 0 Å². The Kier molecular flexibility index (Phi) is 4.40. The third kappa shape index (κ3) is 3.78. The molecule has 1 heterocycles. The quantitative estimate of drug-likeness (QED) is 0.779. The Labute approximate surface area is 92.3 Å². The molecule has 1 aromatic heterocycles. The Morgan fingerprint density at radius 1 is 1.33 bits per heavy atom. The maximum absolute atomic E-state index is 4.23. The van der Waals surface area contributed by atoms with Gasteiger partial charge in [0.05, 0.1) is 0 Å². The molecule has 0 aliphatic carbocycles. The van der Waals surface area contributed by atoms with Crippen LogP contribution in [0.4, 0.5) is 11.5 Å². The zero-order valence-corrected chi connectivity index (χ0v) is 10.0. The van der Waals surface area contributed by atoms with Crippen LogP contribution in [-0.2, 0) is 0 Å². The number of anilines is 2. The van der Waals surface area contributed by atoms with Gasteiger partial charge in [-0.05, 0) is 25.8 Å². The summed E-state index contributed by atoms with van der Waals surface area (Å²) in [6.07, 6.45) is 1.83. The average molecular weight is 207 g/mol. The fraction of sp³-hybridized carbons (Fsp3) is 0.583. The largest absolute Gasteiger partial charge is 0.382 e. The average Bonchev–Trinajstić information content (AvgIpc) is 2.18. The zero-order chi connectivity index (χ0) is 11.3. The molecule has 0 radical (unpaired) electrons. The first-order valence-corrected chi connectivity index (χ1v) is 5.60. The van der Waals surface area contributed by atoms with Crippen molar-refractivity contribution in [1.29, 1.82) is 0 Å². The Bertz CT molecular complexity index is 297. The lowest BCUT2D eigenvalue weighted by Crippen LogP contribution is -2.21. The van der Waals surface area contributed by atoms with Crippen molar-refractivity contribution in [2.24, 2.45) is 5.92 Å². The van der Waals surface area contributed by atoms with Gasteiger partial charge < -0.3 is 10.6 Å². The van der Waals surface area contributed by atoms with E-state index < -0.39 is 0 Å². The van der Waals surface area contributed by atoms with E-state index in [1.807, 2.05) is 18.3 Å². The second-order valence-electron chi connectivity index (χ2n) is 4.14. The molecule has 0 saturated carbocycles. The van der Waals surface area contributed by atoms with E-state index in [2.05, 4.69) is 43.3 Å². The molecule has 0 spiro atoms. The van der Waals surface area contributed by atoms with Crippen LogP contribution >= 0.6 is 0 Å². The molecular formula is C12H21N3. The van der Waals surface area contributed by atoms with E-state index in [0.29, 0.717) is 12.0 Å². The first-order valence-electron chi connectivity index (χ1n) is 5.60. The highest BCUT2D eigenvalue weighted by atomic mass is 15.0. The number of hydrogen-bond donors (Lipinski definition) is 2. The molecule has 1 rings (SSSR count). The molecule has 0 saturated heterocycles. The third-order valence-corrected chi connectivity index (χ3v) is 2.51. The van der Waals surface area contributed by atoms with Gasteiger partial charge in [-0.15, -0.1) is 0 Å². The number of nitrogens with one attached hydrogen (secondary N) is 2. The van der Waals surface area contributed by atoms with Crippen LogP contribution in [0.15, 0.2) is 18.3 Å².